The summed E-state index contributed by atoms with van der Waals surface area (Å²) < 4.78 is 18.0. The molecule has 0 radical (unpaired) electrons. The van der Waals surface area contributed by atoms with Crippen molar-refractivity contribution in [3.05, 3.63) is 120 Å². The highest BCUT2D eigenvalue weighted by Crippen LogP contribution is 2.30. The van der Waals surface area contributed by atoms with Crippen LogP contribution >= 0.6 is 0 Å². The molecule has 0 saturated heterocycles. The number of aryl methyl sites for hydroxylation is 1. The van der Waals surface area contributed by atoms with Crippen molar-refractivity contribution in [2.24, 2.45) is 15.7 Å². The zero-order chi connectivity index (χ0) is 33.4. The fourth-order valence-electron chi connectivity index (χ4n) is 4.92. The van der Waals surface area contributed by atoms with Gasteiger partial charge in [0.1, 0.15) is 23.1 Å². The lowest BCUT2D eigenvalue weighted by atomic mass is 10.0. The van der Waals surface area contributed by atoms with E-state index in [1.807, 2.05) is 80.6 Å². The molecule has 0 aromatic heterocycles. The number of rotatable bonds is 17. The maximum atomic E-state index is 6.05. The molecule has 4 rings (SSSR count). The molecule has 0 bridgehead atoms. The molecule has 0 atom stereocenters. The average Bonchev–Trinajstić information content (AvgIpc) is 3.08. The van der Waals surface area contributed by atoms with Gasteiger partial charge in [-0.3, -0.25) is 4.99 Å². The van der Waals surface area contributed by atoms with Crippen molar-refractivity contribution in [2.45, 2.75) is 53.2 Å². The van der Waals surface area contributed by atoms with Crippen LogP contribution in [0.5, 0.6) is 17.2 Å². The second kappa shape index (κ2) is 18.2. The molecule has 0 aliphatic rings. The molecule has 0 fully saturated rings. The average molecular weight is 634 g/mol. The van der Waals surface area contributed by atoms with Gasteiger partial charge in [-0.25, -0.2) is 4.99 Å². The third-order valence-electron chi connectivity index (χ3n) is 7.58. The summed E-state index contributed by atoms with van der Waals surface area (Å²) in [6, 6.07) is 29.7. The standard InChI is InChI=1S/C39H47N5O3/c1-5-6-23-45-27-33-10-7-8-11-38(33)30(3)44(26-32-12-16-35(17-13-32)46-24-9-22-42-28-40)31(4)43-39-21-20-37(25-29(39)2)47-36-18-14-34(41)15-19-36/h7-8,10-21,25,28H,3,5-6,9,22-24,26-27,41H2,1-2,4H3,(H2,40,42). The van der Waals surface area contributed by atoms with Crippen molar-refractivity contribution < 1.29 is 14.2 Å². The van der Waals surface area contributed by atoms with Gasteiger partial charge in [0, 0.05) is 43.1 Å². The highest BCUT2D eigenvalue weighted by Gasteiger charge is 2.17. The summed E-state index contributed by atoms with van der Waals surface area (Å²) in [5.74, 6) is 3.08. The van der Waals surface area contributed by atoms with Crippen molar-refractivity contribution in [1.29, 1.82) is 0 Å². The van der Waals surface area contributed by atoms with E-state index in [0.717, 1.165) is 82.6 Å². The third-order valence-corrected chi connectivity index (χ3v) is 7.58. The number of hydrogen-bond donors (Lipinski definition) is 2. The van der Waals surface area contributed by atoms with E-state index in [9.17, 15) is 0 Å². The van der Waals surface area contributed by atoms with Gasteiger partial charge >= 0.3 is 0 Å². The van der Waals surface area contributed by atoms with E-state index in [1.165, 1.54) is 6.34 Å². The molecule has 0 unspecified atom stereocenters. The van der Waals surface area contributed by atoms with Crippen molar-refractivity contribution in [3.63, 3.8) is 0 Å². The molecule has 8 heteroatoms. The van der Waals surface area contributed by atoms with Crippen LogP contribution in [-0.2, 0) is 17.9 Å². The summed E-state index contributed by atoms with van der Waals surface area (Å²) in [5, 5.41) is 0. The zero-order valence-electron chi connectivity index (χ0n) is 27.8. The predicted molar refractivity (Wildman–Crippen MR) is 195 cm³/mol. The lowest BCUT2D eigenvalue weighted by molar-refractivity contribution is 0.118. The number of nitrogens with two attached hydrogens (primary N) is 2. The number of benzene rings is 4. The smallest absolute Gasteiger partial charge is 0.127 e. The lowest BCUT2D eigenvalue weighted by Crippen LogP contribution is -2.27. The van der Waals surface area contributed by atoms with E-state index in [4.69, 9.17) is 30.7 Å². The van der Waals surface area contributed by atoms with Gasteiger partial charge in [-0.2, -0.15) is 0 Å². The van der Waals surface area contributed by atoms with Gasteiger partial charge in [-0.05, 0) is 91.6 Å². The Balaban J connectivity index is 1.58. The van der Waals surface area contributed by atoms with Gasteiger partial charge in [0.2, 0.25) is 0 Å². The Morgan fingerprint density at radius 1 is 0.894 bits per heavy atom. The Labute approximate surface area is 279 Å². The van der Waals surface area contributed by atoms with Gasteiger partial charge in [0.25, 0.3) is 0 Å². The summed E-state index contributed by atoms with van der Waals surface area (Å²) in [5.41, 5.74) is 17.7. The molecule has 0 spiro atoms. The number of nitrogens with zero attached hydrogens (tertiary/aromatic N) is 3. The first kappa shape index (κ1) is 34.8. The summed E-state index contributed by atoms with van der Waals surface area (Å²) in [4.78, 5) is 11.3. The SMILES string of the molecule is C=C(c1ccccc1COCCCC)N(Cc1ccc(OCCCN=CN)cc1)C(C)=Nc1ccc(Oc2ccc(N)cc2)cc1C. The monoisotopic (exact) mass is 633 g/mol. The molecule has 0 saturated carbocycles. The molecule has 0 aliphatic heterocycles. The predicted octanol–water partition coefficient (Wildman–Crippen LogP) is 8.67. The Bertz CT molecular complexity index is 1630. The molecular formula is C39H47N5O3. The van der Waals surface area contributed by atoms with Crippen molar-refractivity contribution in [1.82, 2.24) is 4.90 Å². The van der Waals surface area contributed by atoms with Gasteiger partial charge in [0.15, 0.2) is 0 Å². The van der Waals surface area contributed by atoms with Crippen LogP contribution in [0.25, 0.3) is 5.70 Å². The minimum absolute atomic E-state index is 0.524. The van der Waals surface area contributed by atoms with Crippen molar-refractivity contribution in [3.8, 4) is 17.2 Å². The summed E-state index contributed by atoms with van der Waals surface area (Å²) in [6.07, 6.45) is 4.25. The molecule has 4 aromatic rings. The molecule has 0 heterocycles. The number of ether oxygens (including phenoxy) is 3. The van der Waals surface area contributed by atoms with Crippen LogP contribution < -0.4 is 20.9 Å². The van der Waals surface area contributed by atoms with E-state index in [2.05, 4.69) is 47.7 Å². The van der Waals surface area contributed by atoms with E-state index < -0.39 is 0 Å². The molecule has 0 amide bonds. The minimum Gasteiger partial charge on any atom is -0.494 e. The summed E-state index contributed by atoms with van der Waals surface area (Å²) >= 11 is 0. The molecule has 246 valence electrons. The van der Waals surface area contributed by atoms with Gasteiger partial charge in [-0.15, -0.1) is 0 Å². The van der Waals surface area contributed by atoms with Gasteiger partial charge in [0.05, 0.1) is 25.2 Å². The third kappa shape index (κ3) is 10.8. The van der Waals surface area contributed by atoms with Crippen LogP contribution in [0.2, 0.25) is 0 Å². The minimum atomic E-state index is 0.524. The normalized spacial score (nSPS) is 11.5. The van der Waals surface area contributed by atoms with E-state index in [0.29, 0.717) is 32.0 Å². The first-order chi connectivity index (χ1) is 22.9. The maximum absolute atomic E-state index is 6.05. The number of nitrogen functional groups attached to an aromatic ring is 1. The molecule has 4 aromatic carbocycles. The lowest BCUT2D eigenvalue weighted by Gasteiger charge is -2.28. The van der Waals surface area contributed by atoms with E-state index in [1.54, 1.807) is 0 Å². The van der Waals surface area contributed by atoms with Gasteiger partial charge < -0.3 is 30.6 Å². The highest BCUT2D eigenvalue weighted by atomic mass is 16.5. The number of unbranched alkanes of at least 4 members (excludes halogenated alkanes) is 1. The number of amidine groups is 1. The van der Waals surface area contributed by atoms with E-state index >= 15 is 0 Å². The van der Waals surface area contributed by atoms with Crippen LogP contribution in [0.3, 0.4) is 0 Å². The summed E-state index contributed by atoms with van der Waals surface area (Å²) in [6.45, 7) is 13.8. The largest absolute Gasteiger partial charge is 0.494 e. The van der Waals surface area contributed by atoms with Gasteiger partial charge in [-0.1, -0.05) is 56.3 Å². The maximum Gasteiger partial charge on any atom is 0.127 e. The second-order valence-corrected chi connectivity index (χ2v) is 11.3. The van der Waals surface area contributed by atoms with Crippen molar-refractivity contribution in [2.75, 3.05) is 25.5 Å². The van der Waals surface area contributed by atoms with Crippen LogP contribution in [0.15, 0.2) is 108 Å². The molecule has 8 nitrogen and oxygen atoms in total. The number of aliphatic imine (C=N–C) groups is 2. The fourth-order valence-corrected chi connectivity index (χ4v) is 4.92. The Morgan fingerprint density at radius 2 is 1.62 bits per heavy atom. The zero-order valence-corrected chi connectivity index (χ0v) is 27.8. The first-order valence-corrected chi connectivity index (χ1v) is 16.1. The van der Waals surface area contributed by atoms with Crippen LogP contribution in [0.1, 0.15) is 55.4 Å². The number of hydrogen-bond acceptors (Lipinski definition) is 6. The van der Waals surface area contributed by atoms with E-state index in [-0.39, 0.29) is 0 Å². The highest BCUT2D eigenvalue weighted by molar-refractivity contribution is 5.91. The van der Waals surface area contributed by atoms with Crippen LogP contribution in [-0.4, -0.2) is 36.8 Å². The first-order valence-electron chi connectivity index (χ1n) is 16.1. The van der Waals surface area contributed by atoms with Crippen LogP contribution in [0, 0.1) is 6.92 Å². The quantitative estimate of drug-likeness (QED) is 0.0521. The Hall–Kier alpha value is -5.08. The molecular weight excluding hydrogens is 586 g/mol. The Morgan fingerprint density at radius 3 is 2.34 bits per heavy atom. The second-order valence-electron chi connectivity index (χ2n) is 11.3. The van der Waals surface area contributed by atoms with Crippen molar-refractivity contribution >= 4 is 29.2 Å². The number of anilines is 1. The molecule has 4 N–H and O–H groups in total. The topological polar surface area (TPSA) is 108 Å². The fraction of sp³-hybridized carbons (Fsp3) is 0.282. The van der Waals surface area contributed by atoms with Crippen LogP contribution in [0.4, 0.5) is 11.4 Å². The molecule has 0 aliphatic carbocycles. The summed E-state index contributed by atoms with van der Waals surface area (Å²) in [7, 11) is 0. The molecule has 47 heavy (non-hydrogen) atoms. The Kier molecular flexibility index (Phi) is 13.4.